The van der Waals surface area contributed by atoms with Crippen molar-refractivity contribution in [1.29, 1.82) is 0 Å². The number of hydrogen-bond acceptors (Lipinski definition) is 5. The molecule has 0 radical (unpaired) electrons. The highest BCUT2D eigenvalue weighted by atomic mass is 32.2. The van der Waals surface area contributed by atoms with Gasteiger partial charge in [0.1, 0.15) is 17.0 Å². The fraction of sp³-hybridized carbons (Fsp3) is 0.211. The van der Waals surface area contributed by atoms with E-state index in [0.29, 0.717) is 22.6 Å². The molecular formula is C19H20N2O4S2. The minimum absolute atomic E-state index is 0.0564. The Hall–Kier alpha value is -2.13. The number of benzene rings is 2. The first-order chi connectivity index (χ1) is 12.9. The zero-order chi connectivity index (χ0) is 19.4. The Bertz CT molecular complexity index is 1020. The first-order valence-corrected chi connectivity index (χ1v) is 11.4. The van der Waals surface area contributed by atoms with Gasteiger partial charge in [-0.05, 0) is 12.5 Å². The molecule has 1 heterocycles. The molecule has 0 fully saturated rings. The molecule has 1 unspecified atom stereocenters. The average molecular weight is 405 g/mol. The maximum absolute atomic E-state index is 12.8. The Morgan fingerprint density at radius 2 is 1.78 bits per heavy atom. The van der Waals surface area contributed by atoms with Crippen LogP contribution in [0.15, 0.2) is 69.1 Å². The summed E-state index contributed by atoms with van der Waals surface area (Å²) in [5.74, 6) is 0.407. The van der Waals surface area contributed by atoms with Crippen LogP contribution in [0, 0.1) is 0 Å². The molecule has 3 rings (SSSR count). The monoisotopic (exact) mass is 404 g/mol. The van der Waals surface area contributed by atoms with Crippen LogP contribution in [0.5, 0.6) is 0 Å². The summed E-state index contributed by atoms with van der Waals surface area (Å²) in [7, 11) is -3.99. The van der Waals surface area contributed by atoms with Crippen LogP contribution in [-0.2, 0) is 21.2 Å². The third kappa shape index (κ3) is 4.24. The maximum atomic E-state index is 12.8. The summed E-state index contributed by atoms with van der Waals surface area (Å²) in [4.78, 5) is -0.0564. The van der Waals surface area contributed by atoms with Gasteiger partial charge < -0.3 is 9.08 Å². The summed E-state index contributed by atoms with van der Waals surface area (Å²) >= 11 is -1.45. The normalized spacial score (nSPS) is 12.9. The van der Waals surface area contributed by atoms with Crippen LogP contribution >= 0.6 is 0 Å². The molecule has 2 N–H and O–H groups in total. The SMILES string of the molecule is CCCC[S+]([O-])c1onc(-c2ccccc2)c1-c1ccccc1S(N)(=O)=O. The molecule has 142 valence electrons. The van der Waals surface area contributed by atoms with E-state index in [4.69, 9.17) is 9.66 Å². The summed E-state index contributed by atoms with van der Waals surface area (Å²) < 4.78 is 42.4. The highest BCUT2D eigenvalue weighted by molar-refractivity contribution is 7.91. The fourth-order valence-corrected chi connectivity index (χ4v) is 4.79. The van der Waals surface area contributed by atoms with Crippen molar-refractivity contribution in [2.45, 2.75) is 29.8 Å². The standard InChI is InChI=1S/C19H20N2O4S2/c1-2-3-13-26(22)19-17(15-11-7-8-12-16(15)27(20,23)24)18(21-25-19)14-9-5-4-6-10-14/h4-12H,2-3,13H2,1H3,(H2,20,23,24). The largest absolute Gasteiger partial charge is 0.609 e. The molecule has 2 aromatic carbocycles. The van der Waals surface area contributed by atoms with E-state index in [1.54, 1.807) is 18.2 Å². The lowest BCUT2D eigenvalue weighted by atomic mass is 10.0. The molecule has 3 aromatic rings. The first-order valence-electron chi connectivity index (χ1n) is 8.49. The number of aromatic nitrogens is 1. The second-order valence-corrected chi connectivity index (χ2v) is 9.00. The van der Waals surface area contributed by atoms with Gasteiger partial charge in [-0.3, -0.25) is 0 Å². The van der Waals surface area contributed by atoms with Crippen molar-refractivity contribution in [3.05, 3.63) is 54.6 Å². The third-order valence-electron chi connectivity index (χ3n) is 4.06. The zero-order valence-electron chi connectivity index (χ0n) is 14.8. The molecule has 0 spiro atoms. The van der Waals surface area contributed by atoms with Crippen LogP contribution < -0.4 is 5.14 Å². The van der Waals surface area contributed by atoms with Crippen LogP contribution in [-0.4, -0.2) is 23.9 Å². The minimum Gasteiger partial charge on any atom is -0.609 e. The van der Waals surface area contributed by atoms with Gasteiger partial charge in [0.2, 0.25) is 10.0 Å². The third-order valence-corrected chi connectivity index (χ3v) is 6.38. The fourth-order valence-electron chi connectivity index (χ4n) is 2.75. The molecule has 0 amide bonds. The lowest BCUT2D eigenvalue weighted by molar-refractivity contribution is 0.341. The van der Waals surface area contributed by atoms with E-state index in [-0.39, 0.29) is 9.99 Å². The van der Waals surface area contributed by atoms with E-state index < -0.39 is 21.2 Å². The van der Waals surface area contributed by atoms with Crippen LogP contribution in [0.3, 0.4) is 0 Å². The van der Waals surface area contributed by atoms with E-state index in [0.717, 1.165) is 18.4 Å². The summed E-state index contributed by atoms with van der Waals surface area (Å²) in [5.41, 5.74) is 1.91. The summed E-state index contributed by atoms with van der Waals surface area (Å²) in [6.07, 6.45) is 1.64. The molecule has 0 aliphatic heterocycles. The number of hydrogen-bond donors (Lipinski definition) is 1. The van der Waals surface area contributed by atoms with Crippen molar-refractivity contribution >= 4 is 21.2 Å². The zero-order valence-corrected chi connectivity index (χ0v) is 16.4. The van der Waals surface area contributed by atoms with Crippen molar-refractivity contribution < 1.29 is 17.5 Å². The molecule has 0 bridgehead atoms. The predicted molar refractivity (Wildman–Crippen MR) is 105 cm³/mol. The quantitative estimate of drug-likeness (QED) is 0.606. The van der Waals surface area contributed by atoms with Gasteiger partial charge in [-0.15, -0.1) is 0 Å². The highest BCUT2D eigenvalue weighted by Gasteiger charge is 2.31. The van der Waals surface area contributed by atoms with Crippen molar-refractivity contribution in [1.82, 2.24) is 5.16 Å². The van der Waals surface area contributed by atoms with Crippen molar-refractivity contribution in [3.8, 4) is 22.4 Å². The average Bonchev–Trinajstić information content (AvgIpc) is 3.11. The number of primary sulfonamides is 1. The van der Waals surface area contributed by atoms with Crippen LogP contribution in [0.1, 0.15) is 19.8 Å². The van der Waals surface area contributed by atoms with Gasteiger partial charge >= 0.3 is 5.09 Å². The maximum Gasteiger partial charge on any atom is 0.344 e. The van der Waals surface area contributed by atoms with E-state index in [2.05, 4.69) is 5.16 Å². The van der Waals surface area contributed by atoms with Gasteiger partial charge in [0, 0.05) is 22.3 Å². The topological polar surface area (TPSA) is 109 Å². The Morgan fingerprint density at radius 3 is 2.44 bits per heavy atom. The summed E-state index contributed by atoms with van der Waals surface area (Å²) in [5, 5.41) is 9.68. The molecule has 27 heavy (non-hydrogen) atoms. The predicted octanol–water partition coefficient (Wildman–Crippen LogP) is 3.56. The Morgan fingerprint density at radius 1 is 1.11 bits per heavy atom. The smallest absolute Gasteiger partial charge is 0.344 e. The highest BCUT2D eigenvalue weighted by Crippen LogP contribution is 2.40. The number of nitrogens with zero attached hydrogens (tertiary/aromatic N) is 1. The molecule has 0 saturated heterocycles. The van der Waals surface area contributed by atoms with Crippen LogP contribution in [0.25, 0.3) is 22.4 Å². The van der Waals surface area contributed by atoms with Gasteiger partial charge in [0.05, 0.1) is 4.90 Å². The Kier molecular flexibility index (Phi) is 6.01. The van der Waals surface area contributed by atoms with Gasteiger partial charge in [-0.2, -0.15) is 0 Å². The minimum atomic E-state index is -3.99. The van der Waals surface area contributed by atoms with E-state index in [1.807, 2.05) is 37.3 Å². The van der Waals surface area contributed by atoms with Crippen LogP contribution in [0.2, 0.25) is 0 Å². The van der Waals surface area contributed by atoms with Crippen molar-refractivity contribution in [2.75, 3.05) is 5.75 Å². The molecule has 0 saturated carbocycles. The van der Waals surface area contributed by atoms with Crippen LogP contribution in [0.4, 0.5) is 0 Å². The molecule has 6 nitrogen and oxygen atoms in total. The molecule has 0 aliphatic rings. The number of nitrogens with two attached hydrogens (primary N) is 1. The van der Waals surface area contributed by atoms with Crippen molar-refractivity contribution in [2.24, 2.45) is 5.14 Å². The summed E-state index contributed by atoms with van der Waals surface area (Å²) in [6, 6.07) is 15.5. The number of rotatable bonds is 7. The van der Waals surface area contributed by atoms with E-state index in [9.17, 15) is 13.0 Å². The molecule has 1 aromatic heterocycles. The lowest BCUT2D eigenvalue weighted by Crippen LogP contribution is -2.14. The van der Waals surface area contributed by atoms with Gasteiger partial charge in [0.25, 0.3) is 0 Å². The van der Waals surface area contributed by atoms with Gasteiger partial charge in [-0.1, -0.05) is 67.0 Å². The summed E-state index contributed by atoms with van der Waals surface area (Å²) in [6.45, 7) is 2.00. The van der Waals surface area contributed by atoms with E-state index >= 15 is 0 Å². The number of sulfonamides is 1. The first kappa shape index (κ1) is 19.6. The molecular weight excluding hydrogens is 384 g/mol. The second kappa shape index (κ2) is 8.26. The van der Waals surface area contributed by atoms with Gasteiger partial charge in [-0.25, -0.2) is 13.6 Å². The van der Waals surface area contributed by atoms with E-state index in [1.165, 1.54) is 6.07 Å². The number of unbranched alkanes of at least 4 members (excludes halogenated alkanes) is 1. The molecule has 0 aliphatic carbocycles. The van der Waals surface area contributed by atoms with Gasteiger partial charge in [0.15, 0.2) is 0 Å². The Labute approximate surface area is 161 Å². The molecule has 8 heteroatoms. The second-order valence-electron chi connectivity index (χ2n) is 6.00. The molecule has 1 atom stereocenters. The van der Waals surface area contributed by atoms with Crippen molar-refractivity contribution in [3.63, 3.8) is 0 Å². The Balaban J connectivity index is 2.25. The lowest BCUT2D eigenvalue weighted by Gasteiger charge is -2.11.